The minimum atomic E-state index is -4.04. The highest BCUT2D eigenvalue weighted by Crippen LogP contribution is 2.23. The molecule has 0 aliphatic rings. The van der Waals surface area contributed by atoms with Crippen LogP contribution >= 0.6 is 0 Å². The van der Waals surface area contributed by atoms with Crippen LogP contribution in [-0.4, -0.2) is 23.7 Å². The minimum absolute atomic E-state index is 0.158. The van der Waals surface area contributed by atoms with Gasteiger partial charge in [0, 0.05) is 24.9 Å². The predicted molar refractivity (Wildman–Crippen MR) is 74.5 cm³/mol. The van der Waals surface area contributed by atoms with Crippen LogP contribution in [0.4, 0.5) is 13.2 Å². The highest BCUT2D eigenvalue weighted by Gasteiger charge is 2.26. The van der Waals surface area contributed by atoms with E-state index in [1.165, 1.54) is 5.56 Å². The van der Waals surface area contributed by atoms with Crippen LogP contribution < -0.4 is 5.32 Å². The molecule has 0 bridgehead atoms. The molecule has 1 aromatic heterocycles. The Hall–Kier alpha value is -1.10. The average Bonchev–Trinajstić information content (AvgIpc) is 2.41. The number of pyridine rings is 1. The van der Waals surface area contributed by atoms with Crippen molar-refractivity contribution in [3.8, 4) is 0 Å². The third-order valence-corrected chi connectivity index (χ3v) is 3.23. The smallest absolute Gasteiger partial charge is 0.314 e. The van der Waals surface area contributed by atoms with Gasteiger partial charge in [0.25, 0.3) is 0 Å². The van der Waals surface area contributed by atoms with Crippen LogP contribution in [0.2, 0.25) is 0 Å². The molecule has 5 heteroatoms. The first kappa shape index (κ1) is 17.0. The van der Waals surface area contributed by atoms with Crippen molar-refractivity contribution in [1.82, 2.24) is 10.3 Å². The van der Waals surface area contributed by atoms with Crippen LogP contribution in [0.15, 0.2) is 24.5 Å². The van der Waals surface area contributed by atoms with Gasteiger partial charge in [0.15, 0.2) is 0 Å². The van der Waals surface area contributed by atoms with Gasteiger partial charge in [-0.15, -0.1) is 0 Å². The van der Waals surface area contributed by atoms with Gasteiger partial charge in [-0.2, -0.15) is 13.2 Å². The second kappa shape index (κ2) is 8.95. The van der Waals surface area contributed by atoms with E-state index in [2.05, 4.69) is 17.2 Å². The quantitative estimate of drug-likeness (QED) is 0.739. The molecule has 114 valence electrons. The second-order valence-electron chi connectivity index (χ2n) is 5.05. The van der Waals surface area contributed by atoms with Gasteiger partial charge in [-0.05, 0) is 56.3 Å². The molecule has 0 aliphatic carbocycles. The Kier molecular flexibility index (Phi) is 7.59. The van der Waals surface area contributed by atoms with E-state index in [4.69, 9.17) is 0 Å². The van der Waals surface area contributed by atoms with Crippen molar-refractivity contribution in [3.05, 3.63) is 30.1 Å². The molecule has 2 nitrogen and oxygen atoms in total. The van der Waals surface area contributed by atoms with Gasteiger partial charge in [-0.1, -0.05) is 6.92 Å². The number of hydrogen-bond acceptors (Lipinski definition) is 2. The summed E-state index contributed by atoms with van der Waals surface area (Å²) in [6, 6.07) is 4.06. The summed E-state index contributed by atoms with van der Waals surface area (Å²) in [4.78, 5) is 3.96. The highest BCUT2D eigenvalue weighted by molar-refractivity contribution is 5.09. The van der Waals surface area contributed by atoms with Crippen LogP contribution in [0.3, 0.4) is 0 Å². The van der Waals surface area contributed by atoms with Crippen molar-refractivity contribution in [1.29, 1.82) is 0 Å². The van der Waals surface area contributed by atoms with Crippen molar-refractivity contribution >= 4 is 0 Å². The lowest BCUT2D eigenvalue weighted by molar-refractivity contribution is -0.135. The van der Waals surface area contributed by atoms with Gasteiger partial charge in [0.05, 0.1) is 0 Å². The molecule has 1 unspecified atom stereocenters. The minimum Gasteiger partial charge on any atom is -0.314 e. The Morgan fingerprint density at radius 2 is 1.90 bits per heavy atom. The molecular formula is C15H23F3N2. The Morgan fingerprint density at radius 3 is 2.50 bits per heavy atom. The Balaban J connectivity index is 2.35. The number of aryl methyl sites for hydroxylation is 1. The maximum Gasteiger partial charge on any atom is 0.389 e. The zero-order chi connectivity index (χ0) is 14.8. The molecule has 0 spiro atoms. The number of halogens is 3. The zero-order valence-corrected chi connectivity index (χ0v) is 11.9. The molecule has 0 saturated heterocycles. The maximum atomic E-state index is 12.2. The standard InChI is InChI=1S/C15H23F3N2/c1-2-10-20-14(4-3-9-15(16,17)18)6-5-13-7-11-19-12-8-13/h7-8,11-12,14,20H,2-6,9-10H2,1H3. The summed E-state index contributed by atoms with van der Waals surface area (Å²) in [5.74, 6) is 0. The summed E-state index contributed by atoms with van der Waals surface area (Å²) < 4.78 is 36.5. The van der Waals surface area contributed by atoms with Crippen LogP contribution in [0.1, 0.15) is 44.6 Å². The first-order valence-corrected chi connectivity index (χ1v) is 7.20. The number of rotatable bonds is 9. The zero-order valence-electron chi connectivity index (χ0n) is 11.9. The third-order valence-electron chi connectivity index (χ3n) is 3.23. The molecule has 1 N–H and O–H groups in total. The third kappa shape index (κ3) is 8.15. The molecule has 0 fully saturated rings. The lowest BCUT2D eigenvalue weighted by Gasteiger charge is -2.19. The number of hydrogen-bond donors (Lipinski definition) is 1. The summed E-state index contributed by atoms with van der Waals surface area (Å²) in [6.45, 7) is 2.91. The molecule has 1 aromatic rings. The van der Waals surface area contributed by atoms with E-state index >= 15 is 0 Å². The van der Waals surface area contributed by atoms with Gasteiger partial charge in [-0.3, -0.25) is 4.98 Å². The van der Waals surface area contributed by atoms with Crippen molar-refractivity contribution in [2.45, 2.75) is 57.7 Å². The van der Waals surface area contributed by atoms with Gasteiger partial charge in [0.1, 0.15) is 0 Å². The van der Waals surface area contributed by atoms with E-state index in [0.717, 1.165) is 25.8 Å². The number of nitrogens with one attached hydrogen (secondary N) is 1. The first-order chi connectivity index (χ1) is 9.51. The lowest BCUT2D eigenvalue weighted by Crippen LogP contribution is -2.30. The fourth-order valence-corrected chi connectivity index (χ4v) is 2.14. The highest BCUT2D eigenvalue weighted by atomic mass is 19.4. The van der Waals surface area contributed by atoms with Gasteiger partial charge in [0.2, 0.25) is 0 Å². The molecule has 0 amide bonds. The van der Waals surface area contributed by atoms with Crippen molar-refractivity contribution < 1.29 is 13.2 Å². The predicted octanol–water partition coefficient (Wildman–Crippen LogP) is 4.12. The topological polar surface area (TPSA) is 24.9 Å². The van der Waals surface area contributed by atoms with Gasteiger partial charge in [-0.25, -0.2) is 0 Å². The maximum absolute atomic E-state index is 12.2. The summed E-state index contributed by atoms with van der Waals surface area (Å²) in [5, 5.41) is 3.34. The summed E-state index contributed by atoms with van der Waals surface area (Å²) >= 11 is 0. The van der Waals surface area contributed by atoms with E-state index in [-0.39, 0.29) is 12.5 Å². The largest absolute Gasteiger partial charge is 0.389 e. The van der Waals surface area contributed by atoms with E-state index in [1.807, 2.05) is 12.1 Å². The molecule has 0 radical (unpaired) electrons. The van der Waals surface area contributed by atoms with Crippen LogP contribution in [0.25, 0.3) is 0 Å². The molecule has 0 saturated carbocycles. The fourth-order valence-electron chi connectivity index (χ4n) is 2.14. The second-order valence-corrected chi connectivity index (χ2v) is 5.05. The summed E-state index contributed by atoms with van der Waals surface area (Å²) in [6.07, 6.45) is 2.25. The van der Waals surface area contributed by atoms with Crippen LogP contribution in [-0.2, 0) is 6.42 Å². The SMILES string of the molecule is CCCNC(CCCC(F)(F)F)CCc1ccncc1. The molecule has 20 heavy (non-hydrogen) atoms. The Morgan fingerprint density at radius 1 is 1.20 bits per heavy atom. The van der Waals surface area contributed by atoms with Gasteiger partial charge >= 0.3 is 6.18 Å². The molecular weight excluding hydrogens is 265 g/mol. The van der Waals surface area contributed by atoms with E-state index in [9.17, 15) is 13.2 Å². The normalized spacial score (nSPS) is 13.4. The van der Waals surface area contributed by atoms with Crippen molar-refractivity contribution in [3.63, 3.8) is 0 Å². The molecule has 1 rings (SSSR count). The average molecular weight is 288 g/mol. The van der Waals surface area contributed by atoms with Crippen molar-refractivity contribution in [2.24, 2.45) is 0 Å². The Bertz CT molecular complexity index is 352. The van der Waals surface area contributed by atoms with E-state index in [1.54, 1.807) is 12.4 Å². The lowest BCUT2D eigenvalue weighted by atomic mass is 10.0. The van der Waals surface area contributed by atoms with Crippen LogP contribution in [0, 0.1) is 0 Å². The van der Waals surface area contributed by atoms with Crippen LogP contribution in [0.5, 0.6) is 0 Å². The molecule has 1 heterocycles. The number of alkyl halides is 3. The molecule has 1 atom stereocenters. The van der Waals surface area contributed by atoms with Crippen molar-refractivity contribution in [2.75, 3.05) is 6.54 Å². The first-order valence-electron chi connectivity index (χ1n) is 7.20. The van der Waals surface area contributed by atoms with E-state index in [0.29, 0.717) is 6.42 Å². The summed E-state index contributed by atoms with van der Waals surface area (Å²) in [5.41, 5.74) is 1.18. The monoisotopic (exact) mass is 288 g/mol. The fraction of sp³-hybridized carbons (Fsp3) is 0.667. The summed E-state index contributed by atoms with van der Waals surface area (Å²) in [7, 11) is 0. The molecule has 0 aromatic carbocycles. The molecule has 0 aliphatic heterocycles. The van der Waals surface area contributed by atoms with E-state index < -0.39 is 12.6 Å². The Labute approximate surface area is 118 Å². The number of aromatic nitrogens is 1. The number of nitrogens with zero attached hydrogens (tertiary/aromatic N) is 1. The van der Waals surface area contributed by atoms with Gasteiger partial charge < -0.3 is 5.32 Å².